The van der Waals surface area contributed by atoms with Crippen molar-refractivity contribution in [3.8, 4) is 50.6 Å². The van der Waals surface area contributed by atoms with E-state index in [0.29, 0.717) is 74.2 Å². The highest BCUT2D eigenvalue weighted by Gasteiger charge is 2.53. The Balaban J connectivity index is 0.975. The molecule has 14 rings (SSSR count). The molecule has 0 amide bonds. The fourth-order valence-corrected chi connectivity index (χ4v) is 13.6. The average Bonchev–Trinajstić information content (AvgIpc) is 4.24. The van der Waals surface area contributed by atoms with Crippen LogP contribution in [0.25, 0.3) is 33.4 Å². The first kappa shape index (κ1) is 37.3. The van der Waals surface area contributed by atoms with Gasteiger partial charge in [0.25, 0.3) is 0 Å². The minimum atomic E-state index is -0.686. The molecular weight excluding hydrogens is 801 g/mol. The third-order valence-electron chi connectivity index (χ3n) is 15.6. The summed E-state index contributed by atoms with van der Waals surface area (Å²) in [5.74, 6) is 4.31. The van der Waals surface area contributed by atoms with Gasteiger partial charge >= 0.3 is 0 Å². The third kappa shape index (κ3) is 6.24. The summed E-state index contributed by atoms with van der Waals surface area (Å²) >= 11 is 1.88. The van der Waals surface area contributed by atoms with Crippen LogP contribution in [0.5, 0.6) is 17.2 Å². The van der Waals surface area contributed by atoms with Crippen molar-refractivity contribution in [2.24, 2.45) is 17.8 Å². The number of ether oxygens (including phenoxy) is 6. The van der Waals surface area contributed by atoms with Gasteiger partial charge in [-0.25, -0.2) is 0 Å². The van der Waals surface area contributed by atoms with E-state index in [1.807, 2.05) is 11.8 Å². The van der Waals surface area contributed by atoms with E-state index in [0.717, 1.165) is 66.9 Å². The van der Waals surface area contributed by atoms with Crippen molar-refractivity contribution in [3.05, 3.63) is 149 Å². The Morgan fingerprint density at radius 1 is 0.460 bits per heavy atom. The number of epoxide rings is 3. The molecule has 4 heterocycles. The normalized spacial score (nSPS) is 30.4. The van der Waals surface area contributed by atoms with E-state index in [-0.39, 0.29) is 0 Å². The molecule has 0 aromatic heterocycles. The molecule has 0 bridgehead atoms. The van der Waals surface area contributed by atoms with Gasteiger partial charge in [0.15, 0.2) is 0 Å². The summed E-state index contributed by atoms with van der Waals surface area (Å²) in [7, 11) is 0. The molecule has 63 heavy (non-hydrogen) atoms. The summed E-state index contributed by atoms with van der Waals surface area (Å²) in [5, 5.41) is 0. The van der Waals surface area contributed by atoms with Crippen LogP contribution in [0.3, 0.4) is 0 Å². The maximum atomic E-state index is 6.98. The van der Waals surface area contributed by atoms with Crippen molar-refractivity contribution in [1.29, 1.82) is 0 Å². The van der Waals surface area contributed by atoms with Gasteiger partial charge in [-0.3, -0.25) is 0 Å². The van der Waals surface area contributed by atoms with E-state index in [9.17, 15) is 0 Å². The van der Waals surface area contributed by atoms with Crippen molar-refractivity contribution in [2.75, 3.05) is 19.8 Å². The molecular formula is C56H50O6S. The van der Waals surface area contributed by atoms with Crippen LogP contribution < -0.4 is 14.2 Å². The van der Waals surface area contributed by atoms with Crippen molar-refractivity contribution < 1.29 is 28.4 Å². The zero-order chi connectivity index (χ0) is 41.4. The highest BCUT2D eigenvalue weighted by atomic mass is 32.2. The van der Waals surface area contributed by atoms with E-state index in [1.165, 1.54) is 59.9 Å². The average molecular weight is 851 g/mol. The lowest BCUT2D eigenvalue weighted by molar-refractivity contribution is 0.196. The zero-order valence-electron chi connectivity index (χ0n) is 35.5. The quantitative estimate of drug-likeness (QED) is 0.120. The molecule has 6 aromatic carbocycles. The van der Waals surface area contributed by atoms with Crippen molar-refractivity contribution in [1.82, 2.24) is 0 Å². The van der Waals surface area contributed by atoms with Gasteiger partial charge in [0.2, 0.25) is 0 Å². The molecule has 6 fully saturated rings. The summed E-state index contributed by atoms with van der Waals surface area (Å²) in [6.45, 7) is 4.36. The van der Waals surface area contributed by atoms with Gasteiger partial charge in [-0.1, -0.05) is 84.6 Å². The molecule has 316 valence electrons. The van der Waals surface area contributed by atoms with Crippen LogP contribution in [0.15, 0.2) is 131 Å². The zero-order valence-corrected chi connectivity index (χ0v) is 36.3. The van der Waals surface area contributed by atoms with Gasteiger partial charge in [-0.2, -0.15) is 0 Å². The summed E-state index contributed by atoms with van der Waals surface area (Å²) < 4.78 is 38.0. The molecule has 0 radical (unpaired) electrons. The number of hydrogen-bond donors (Lipinski definition) is 0. The van der Waals surface area contributed by atoms with Gasteiger partial charge in [0.05, 0.1) is 61.9 Å². The highest BCUT2D eigenvalue weighted by molar-refractivity contribution is 7.99. The smallest absolute Gasteiger partial charge is 0.128 e. The molecule has 6 nitrogen and oxygen atoms in total. The Hall–Kier alpha value is -5.05. The minimum absolute atomic E-state index is 0.424. The Labute approximate surface area is 373 Å². The number of rotatable bonds is 11. The van der Waals surface area contributed by atoms with Crippen LogP contribution in [-0.4, -0.2) is 56.4 Å². The number of hydrogen-bond acceptors (Lipinski definition) is 7. The van der Waals surface area contributed by atoms with Gasteiger partial charge in [0.1, 0.15) is 17.2 Å². The fourth-order valence-electron chi connectivity index (χ4n) is 12.3. The molecule has 6 atom stereocenters. The summed E-state index contributed by atoms with van der Waals surface area (Å²) in [4.78, 5) is 2.48. The molecule has 1 spiro atoms. The Morgan fingerprint density at radius 2 is 0.905 bits per heavy atom. The van der Waals surface area contributed by atoms with E-state index in [2.05, 4.69) is 128 Å². The van der Waals surface area contributed by atoms with Gasteiger partial charge in [-0.05, 0) is 167 Å². The van der Waals surface area contributed by atoms with Gasteiger partial charge in [0, 0.05) is 15.4 Å². The summed E-state index contributed by atoms with van der Waals surface area (Å²) in [6, 6.07) is 45.3. The van der Waals surface area contributed by atoms with E-state index < -0.39 is 5.41 Å². The monoisotopic (exact) mass is 850 g/mol. The van der Waals surface area contributed by atoms with Crippen molar-refractivity contribution in [3.63, 3.8) is 0 Å². The molecule has 6 unspecified atom stereocenters. The lowest BCUT2D eigenvalue weighted by Crippen LogP contribution is -2.32. The third-order valence-corrected chi connectivity index (χ3v) is 16.7. The number of aryl methyl sites for hydroxylation is 1. The van der Waals surface area contributed by atoms with Crippen LogP contribution >= 0.6 is 11.8 Å². The summed E-state index contributed by atoms with van der Waals surface area (Å²) in [5.41, 5.74) is 12.8. The second-order valence-electron chi connectivity index (χ2n) is 19.6. The number of benzene rings is 6. The van der Waals surface area contributed by atoms with Crippen LogP contribution in [0.2, 0.25) is 0 Å². The van der Waals surface area contributed by atoms with Crippen LogP contribution in [0, 0.1) is 24.7 Å². The summed E-state index contributed by atoms with van der Waals surface area (Å²) in [6.07, 6.45) is 9.09. The lowest BCUT2D eigenvalue weighted by atomic mass is 9.66. The van der Waals surface area contributed by atoms with Gasteiger partial charge in [-0.15, -0.1) is 0 Å². The van der Waals surface area contributed by atoms with E-state index >= 15 is 0 Å². The first-order valence-corrected chi connectivity index (χ1v) is 24.1. The largest absolute Gasteiger partial charge is 0.493 e. The molecule has 4 aliphatic heterocycles. The van der Waals surface area contributed by atoms with Crippen LogP contribution in [0.4, 0.5) is 0 Å². The molecule has 8 aliphatic rings. The van der Waals surface area contributed by atoms with Crippen molar-refractivity contribution in [2.45, 2.75) is 97.3 Å². The van der Waals surface area contributed by atoms with Crippen LogP contribution in [-0.2, 0) is 19.6 Å². The van der Waals surface area contributed by atoms with E-state index in [4.69, 9.17) is 28.4 Å². The fraction of sp³-hybridized carbons (Fsp3) is 0.357. The second kappa shape index (κ2) is 14.2. The predicted molar refractivity (Wildman–Crippen MR) is 244 cm³/mol. The SMILES string of the molecule is Cc1cc2c(cc1-c1ccccc1)C1(c3cc(-c4ccccc4)c(OCC4CC5OC5C4)cc3S2)c2cc(OCC3CC4OC4C3)ccc2-c2ccc(OCC3CC4OC4C3)cc21. The first-order chi connectivity index (χ1) is 31.0. The molecule has 3 saturated carbocycles. The Bertz CT molecular complexity index is 2700. The molecule has 0 N–H and O–H groups in total. The highest BCUT2D eigenvalue weighted by Crippen LogP contribution is 2.65. The Morgan fingerprint density at radius 3 is 1.41 bits per heavy atom. The molecule has 3 saturated heterocycles. The maximum absolute atomic E-state index is 6.98. The second-order valence-corrected chi connectivity index (χ2v) is 20.7. The number of fused-ring (bicyclic) bond motifs is 12. The van der Waals surface area contributed by atoms with Gasteiger partial charge < -0.3 is 28.4 Å². The molecule has 4 aliphatic carbocycles. The topological polar surface area (TPSA) is 65.3 Å². The van der Waals surface area contributed by atoms with Crippen molar-refractivity contribution >= 4 is 11.8 Å². The Kier molecular flexibility index (Phi) is 8.43. The van der Waals surface area contributed by atoms with Crippen LogP contribution in [0.1, 0.15) is 66.3 Å². The predicted octanol–water partition coefficient (Wildman–Crippen LogP) is 11.8. The minimum Gasteiger partial charge on any atom is -0.493 e. The maximum Gasteiger partial charge on any atom is 0.128 e. The lowest BCUT2D eigenvalue weighted by Gasteiger charge is -2.41. The molecule has 7 heteroatoms. The van der Waals surface area contributed by atoms with E-state index in [1.54, 1.807) is 0 Å². The molecule has 6 aromatic rings. The first-order valence-electron chi connectivity index (χ1n) is 23.3. The standard InChI is InChI=1S/C56H50O6S/c1-31-16-54-45(25-41(31)35-8-4-2-5-9-35)56(46-26-42(36-10-6-3-7-11-36)47(27-55(46)63-54)59-30-34-21-52-53(22-34)62-52)43-23-37(57-28-32-17-48-49(18-32)60-48)12-14-39(43)40-15-13-38(24-44(40)56)58-29-33-19-50-51(20-33)61-50/h2-16,23-27,32-34,48-53H,17-22,28-30H2,1H3.